The molecule has 0 aliphatic rings. The van der Waals surface area contributed by atoms with Crippen molar-refractivity contribution >= 4 is 15.7 Å². The molecule has 4 rings (SSSR count). The number of hydrogen-bond acceptors (Lipinski definition) is 8. The molecule has 0 fully saturated rings. The van der Waals surface area contributed by atoms with E-state index in [2.05, 4.69) is 30.2 Å². The molecule has 0 radical (unpaired) electrons. The van der Waals surface area contributed by atoms with Gasteiger partial charge in [0.05, 0.1) is 28.9 Å². The molecule has 0 aliphatic carbocycles. The highest BCUT2D eigenvalue weighted by Gasteiger charge is 2.20. The van der Waals surface area contributed by atoms with Crippen LogP contribution in [-0.4, -0.2) is 33.9 Å². The van der Waals surface area contributed by atoms with E-state index < -0.39 is 10.0 Å². The number of H-pyrrole nitrogens is 1. The van der Waals surface area contributed by atoms with Crippen LogP contribution in [0.15, 0.2) is 50.6 Å². The van der Waals surface area contributed by atoms with Crippen LogP contribution in [0, 0.1) is 0 Å². The van der Waals surface area contributed by atoms with Gasteiger partial charge in [0.2, 0.25) is 11.7 Å². The minimum absolute atomic E-state index is 0.0770. The van der Waals surface area contributed by atoms with Crippen LogP contribution in [0.1, 0.15) is 36.8 Å². The van der Waals surface area contributed by atoms with Crippen molar-refractivity contribution in [3.63, 3.8) is 0 Å². The summed E-state index contributed by atoms with van der Waals surface area (Å²) in [5, 5.41) is 14.4. The lowest BCUT2D eigenvalue weighted by Crippen LogP contribution is -2.12. The maximum Gasteiger partial charge on any atom is 0.262 e. The number of aromatic amines is 1. The molecular weight excluding hydrogens is 408 g/mol. The minimum atomic E-state index is -3.78. The molecule has 11 heteroatoms. The van der Waals surface area contributed by atoms with Crippen molar-refractivity contribution in [2.45, 2.75) is 38.0 Å². The summed E-state index contributed by atoms with van der Waals surface area (Å²) >= 11 is 0. The van der Waals surface area contributed by atoms with E-state index in [1.807, 2.05) is 13.8 Å². The third-order valence-corrected chi connectivity index (χ3v) is 5.94. The van der Waals surface area contributed by atoms with Crippen LogP contribution in [0.2, 0.25) is 0 Å². The third kappa shape index (κ3) is 3.96. The Morgan fingerprint density at radius 1 is 1.13 bits per heavy atom. The van der Waals surface area contributed by atoms with Gasteiger partial charge in [0.1, 0.15) is 5.76 Å². The predicted molar refractivity (Wildman–Crippen MR) is 107 cm³/mol. The molecule has 30 heavy (non-hydrogen) atoms. The monoisotopic (exact) mass is 428 g/mol. The highest BCUT2D eigenvalue weighted by atomic mass is 32.2. The zero-order chi connectivity index (χ0) is 21.1. The molecule has 0 spiro atoms. The van der Waals surface area contributed by atoms with E-state index in [9.17, 15) is 8.42 Å². The minimum Gasteiger partial charge on any atom is -0.361 e. The Bertz CT molecular complexity index is 1220. The number of benzene rings is 1. The summed E-state index contributed by atoms with van der Waals surface area (Å²) in [6.45, 7) is 4.00. The standard InChI is InChI=1S/C19H20N6O4S/c1-3-16-15(17(4-2)28-23-16)9-18-22-19(24-29-18)12-6-5-7-14(8-12)30(26,27)25-13-10-20-21-11-13/h5-8,10-11,25H,3-4,9H2,1-2H3,(H,20,21). The van der Waals surface area contributed by atoms with Crippen molar-refractivity contribution in [1.82, 2.24) is 25.5 Å². The van der Waals surface area contributed by atoms with Crippen LogP contribution in [-0.2, 0) is 29.3 Å². The summed E-state index contributed by atoms with van der Waals surface area (Å²) in [5.74, 6) is 1.50. The average Bonchev–Trinajstić information content (AvgIpc) is 3.49. The van der Waals surface area contributed by atoms with E-state index in [0.717, 1.165) is 23.4 Å². The fourth-order valence-electron chi connectivity index (χ4n) is 3.06. The number of nitrogens with zero attached hydrogens (tertiary/aromatic N) is 4. The van der Waals surface area contributed by atoms with Gasteiger partial charge in [-0.15, -0.1) is 0 Å². The van der Waals surface area contributed by atoms with Crippen molar-refractivity contribution in [3.8, 4) is 11.4 Å². The lowest BCUT2D eigenvalue weighted by atomic mass is 10.1. The first-order valence-electron chi connectivity index (χ1n) is 9.41. The SMILES string of the molecule is CCc1noc(CC)c1Cc1nc(-c2cccc(S(=O)(=O)Nc3cn[nH]c3)c2)no1. The van der Waals surface area contributed by atoms with Crippen molar-refractivity contribution in [1.29, 1.82) is 0 Å². The maximum absolute atomic E-state index is 12.6. The number of nitrogens with one attached hydrogen (secondary N) is 2. The van der Waals surface area contributed by atoms with E-state index >= 15 is 0 Å². The van der Waals surface area contributed by atoms with Gasteiger partial charge in [0.25, 0.3) is 10.0 Å². The first kappa shape index (κ1) is 19.8. The third-order valence-electron chi connectivity index (χ3n) is 4.56. The molecule has 3 heterocycles. The van der Waals surface area contributed by atoms with Crippen LogP contribution < -0.4 is 4.72 Å². The molecule has 0 saturated carbocycles. The fourth-order valence-corrected chi connectivity index (χ4v) is 4.14. The zero-order valence-electron chi connectivity index (χ0n) is 16.4. The molecule has 10 nitrogen and oxygen atoms in total. The molecular formula is C19H20N6O4S. The molecule has 4 aromatic rings. The van der Waals surface area contributed by atoms with Crippen LogP contribution in [0.25, 0.3) is 11.4 Å². The Balaban J connectivity index is 1.58. The van der Waals surface area contributed by atoms with Gasteiger partial charge in [-0.05, 0) is 18.6 Å². The Hall–Kier alpha value is -3.47. The normalized spacial score (nSPS) is 11.7. The second kappa shape index (κ2) is 8.11. The Kier molecular flexibility index (Phi) is 5.36. The van der Waals surface area contributed by atoms with Gasteiger partial charge in [0.15, 0.2) is 0 Å². The molecule has 0 saturated heterocycles. The van der Waals surface area contributed by atoms with E-state index in [1.54, 1.807) is 12.1 Å². The van der Waals surface area contributed by atoms with Gasteiger partial charge in [-0.1, -0.05) is 36.3 Å². The Morgan fingerprint density at radius 2 is 2.00 bits per heavy atom. The quantitative estimate of drug-likeness (QED) is 0.436. The van der Waals surface area contributed by atoms with E-state index in [0.29, 0.717) is 35.8 Å². The number of aromatic nitrogens is 5. The van der Waals surface area contributed by atoms with E-state index in [1.165, 1.54) is 24.5 Å². The van der Waals surface area contributed by atoms with E-state index in [-0.39, 0.29) is 4.90 Å². The molecule has 2 N–H and O–H groups in total. The predicted octanol–water partition coefficient (Wildman–Crippen LogP) is 2.96. The molecule has 0 bridgehead atoms. The van der Waals surface area contributed by atoms with Crippen LogP contribution in [0.3, 0.4) is 0 Å². The van der Waals surface area contributed by atoms with Gasteiger partial charge < -0.3 is 9.05 Å². The van der Waals surface area contributed by atoms with Gasteiger partial charge in [0, 0.05) is 23.7 Å². The molecule has 156 valence electrons. The molecule has 1 aromatic carbocycles. The number of anilines is 1. The number of rotatable bonds is 8. The van der Waals surface area contributed by atoms with Crippen molar-refractivity contribution < 1.29 is 17.5 Å². The van der Waals surface area contributed by atoms with Crippen molar-refractivity contribution in [2.24, 2.45) is 0 Å². The lowest BCUT2D eigenvalue weighted by Gasteiger charge is -2.06. The maximum atomic E-state index is 12.6. The summed E-state index contributed by atoms with van der Waals surface area (Å²) in [6.07, 6.45) is 4.69. The largest absolute Gasteiger partial charge is 0.361 e. The summed E-state index contributed by atoms with van der Waals surface area (Å²) in [4.78, 5) is 4.50. The Morgan fingerprint density at radius 3 is 2.73 bits per heavy atom. The van der Waals surface area contributed by atoms with Gasteiger partial charge >= 0.3 is 0 Å². The van der Waals surface area contributed by atoms with Crippen LogP contribution in [0.4, 0.5) is 5.69 Å². The number of hydrogen-bond donors (Lipinski definition) is 2. The summed E-state index contributed by atoms with van der Waals surface area (Å²) in [6, 6.07) is 6.33. The first-order valence-corrected chi connectivity index (χ1v) is 10.9. The van der Waals surface area contributed by atoms with Gasteiger partial charge in [-0.25, -0.2) is 8.42 Å². The van der Waals surface area contributed by atoms with Crippen LogP contribution in [0.5, 0.6) is 0 Å². The highest BCUT2D eigenvalue weighted by Crippen LogP contribution is 2.24. The van der Waals surface area contributed by atoms with Crippen molar-refractivity contribution in [2.75, 3.05) is 4.72 Å². The van der Waals surface area contributed by atoms with Crippen molar-refractivity contribution in [3.05, 3.63) is 59.6 Å². The molecule has 0 unspecified atom stereocenters. The molecule has 0 amide bonds. The summed E-state index contributed by atoms with van der Waals surface area (Å²) < 4.78 is 38.4. The molecule has 0 atom stereocenters. The second-order valence-corrected chi connectivity index (χ2v) is 8.23. The van der Waals surface area contributed by atoms with Gasteiger partial charge in [-0.2, -0.15) is 10.1 Å². The van der Waals surface area contributed by atoms with Crippen LogP contribution >= 0.6 is 0 Å². The zero-order valence-corrected chi connectivity index (χ0v) is 17.2. The summed E-state index contributed by atoms with van der Waals surface area (Å²) in [7, 11) is -3.78. The topological polar surface area (TPSA) is 140 Å². The summed E-state index contributed by atoms with van der Waals surface area (Å²) in [5.41, 5.74) is 2.69. The smallest absolute Gasteiger partial charge is 0.262 e. The Labute approximate surface area is 172 Å². The highest BCUT2D eigenvalue weighted by molar-refractivity contribution is 7.92. The average molecular weight is 428 g/mol. The lowest BCUT2D eigenvalue weighted by molar-refractivity contribution is 0.375. The first-order chi connectivity index (χ1) is 14.5. The van der Waals surface area contributed by atoms with Gasteiger partial charge in [-0.3, -0.25) is 9.82 Å². The fraction of sp³-hybridized carbons (Fsp3) is 0.263. The molecule has 3 aromatic heterocycles. The van der Waals surface area contributed by atoms with E-state index in [4.69, 9.17) is 9.05 Å². The molecule has 0 aliphatic heterocycles. The second-order valence-electron chi connectivity index (χ2n) is 6.55. The number of aryl methyl sites for hydroxylation is 2. The number of sulfonamides is 1.